The van der Waals surface area contributed by atoms with E-state index in [-0.39, 0.29) is 21.1 Å². The summed E-state index contributed by atoms with van der Waals surface area (Å²) in [7, 11) is 0. The van der Waals surface area contributed by atoms with E-state index in [1.165, 1.54) is 5.56 Å². The molecule has 1 aliphatic rings. The molecule has 0 radical (unpaired) electrons. The first-order valence-electron chi connectivity index (χ1n) is 21.3. The zero-order chi connectivity index (χ0) is 41.6. The molecule has 0 N–H and O–H groups in total. The standard InChI is InChI=1S/C57H43N5.Pt/c1-40(2)43-34-35-58-56(36-43)62-52-29-13-12-26-50(52)51-33-32-47(38-55(51)62)61(57-48(41-18-6-3-7-19-41)27-17-28-49(57)42-20-8-4-9-21-42)46-25-16-24-45(37-46)60-39-59(44-22-10-5-11-23-44)53-30-14-15-31-54(53)60;/h3-36,40H,39H2,1-2H3;/q-2;+2. The number of para-hydroxylation sites is 5. The normalized spacial score (nSPS) is 12.2. The van der Waals surface area contributed by atoms with Crippen LogP contribution >= 0.6 is 0 Å². The summed E-state index contributed by atoms with van der Waals surface area (Å²) in [4.78, 5) is 12.1. The fourth-order valence-corrected chi connectivity index (χ4v) is 9.00. The number of benzene rings is 8. The molecule has 5 nitrogen and oxygen atoms in total. The average Bonchev–Trinajstić information content (AvgIpc) is 3.89. The largest absolute Gasteiger partial charge is 2.00 e. The molecule has 2 aromatic heterocycles. The quantitative estimate of drug-likeness (QED) is 0.135. The van der Waals surface area contributed by atoms with Crippen LogP contribution in [0.5, 0.6) is 0 Å². The summed E-state index contributed by atoms with van der Waals surface area (Å²) in [5, 5.41) is 2.28. The summed E-state index contributed by atoms with van der Waals surface area (Å²) in [5.74, 6) is 1.23. The smallest absolute Gasteiger partial charge is 0.357 e. The predicted octanol–water partition coefficient (Wildman–Crippen LogP) is 15.0. The zero-order valence-corrected chi connectivity index (χ0v) is 37.2. The van der Waals surface area contributed by atoms with Gasteiger partial charge in [0.15, 0.2) is 0 Å². The number of hydrogen-bond donors (Lipinski definition) is 0. The van der Waals surface area contributed by atoms with Crippen LogP contribution in [0.2, 0.25) is 0 Å². The first kappa shape index (κ1) is 39.9. The first-order chi connectivity index (χ1) is 30.6. The van der Waals surface area contributed by atoms with Crippen LogP contribution in [0.15, 0.2) is 206 Å². The fraction of sp³-hybridized carbons (Fsp3) is 0.0702. The summed E-state index contributed by atoms with van der Waals surface area (Å²) in [5.41, 5.74) is 15.0. The van der Waals surface area contributed by atoms with Crippen molar-refractivity contribution >= 4 is 61.6 Å². The van der Waals surface area contributed by atoms with Crippen LogP contribution in [-0.4, -0.2) is 16.2 Å². The molecule has 3 heterocycles. The Balaban J connectivity index is 0.00000471. The summed E-state index contributed by atoms with van der Waals surface area (Å²) >= 11 is 0. The van der Waals surface area contributed by atoms with Crippen LogP contribution in [0.4, 0.5) is 39.8 Å². The van der Waals surface area contributed by atoms with E-state index in [2.05, 4.69) is 245 Å². The molecule has 0 unspecified atom stereocenters. The topological polar surface area (TPSA) is 27.5 Å². The van der Waals surface area contributed by atoms with E-state index < -0.39 is 0 Å². The molecular weight excluding hydrogens is 950 g/mol. The average molecular weight is 993 g/mol. The Hall–Kier alpha value is -7.20. The van der Waals surface area contributed by atoms with Gasteiger partial charge >= 0.3 is 21.1 Å². The van der Waals surface area contributed by atoms with Crippen LogP contribution in [-0.2, 0) is 21.1 Å². The minimum atomic E-state index is 0. The van der Waals surface area contributed by atoms with Crippen LogP contribution < -0.4 is 14.7 Å². The summed E-state index contributed by atoms with van der Waals surface area (Å²) in [6.07, 6.45) is 1.93. The van der Waals surface area contributed by atoms with Gasteiger partial charge in [0, 0.05) is 28.5 Å². The first-order valence-corrected chi connectivity index (χ1v) is 21.3. The van der Waals surface area contributed by atoms with Gasteiger partial charge in [0.1, 0.15) is 5.82 Å². The molecule has 6 heteroatoms. The molecule has 0 bridgehead atoms. The zero-order valence-electron chi connectivity index (χ0n) is 35.0. The summed E-state index contributed by atoms with van der Waals surface area (Å²) in [6, 6.07) is 79.2. The third-order valence-electron chi connectivity index (χ3n) is 12.0. The number of anilines is 7. The minimum Gasteiger partial charge on any atom is -0.357 e. The van der Waals surface area contributed by atoms with E-state index >= 15 is 0 Å². The molecule has 0 fully saturated rings. The fourth-order valence-electron chi connectivity index (χ4n) is 9.00. The third-order valence-corrected chi connectivity index (χ3v) is 12.0. The van der Waals surface area contributed by atoms with Crippen LogP contribution in [0, 0.1) is 12.1 Å². The predicted molar refractivity (Wildman–Crippen MR) is 258 cm³/mol. The number of fused-ring (bicyclic) bond motifs is 4. The van der Waals surface area contributed by atoms with Gasteiger partial charge in [-0.1, -0.05) is 164 Å². The molecule has 0 amide bonds. The molecule has 1 aliphatic heterocycles. The third kappa shape index (κ3) is 7.19. The van der Waals surface area contributed by atoms with Gasteiger partial charge in [-0.05, 0) is 70.5 Å². The Morgan fingerprint density at radius 1 is 0.540 bits per heavy atom. The van der Waals surface area contributed by atoms with Crippen molar-refractivity contribution in [2.24, 2.45) is 0 Å². The number of nitrogens with zero attached hydrogens (tertiary/aromatic N) is 5. The SMILES string of the molecule is CC(C)c1ccnc(-n2c3[c-]c(N(c4[c-]c(N5CN(c6ccccc6)c6ccccc65)ccc4)c4c(-c5ccccc5)cccc4-c4ccccc4)ccc3c3ccccc32)c1.[Pt+2]. The number of rotatable bonds is 9. The van der Waals surface area contributed by atoms with E-state index in [4.69, 9.17) is 4.98 Å². The van der Waals surface area contributed by atoms with Gasteiger partial charge in [0.05, 0.1) is 23.7 Å². The van der Waals surface area contributed by atoms with Gasteiger partial charge in [-0.25, -0.2) is 4.98 Å². The van der Waals surface area contributed by atoms with E-state index in [1.807, 2.05) is 6.20 Å². The van der Waals surface area contributed by atoms with Gasteiger partial charge in [-0.3, -0.25) is 0 Å². The molecule has 0 saturated carbocycles. The molecule has 0 aliphatic carbocycles. The Morgan fingerprint density at radius 3 is 1.84 bits per heavy atom. The molecule has 8 aromatic carbocycles. The van der Waals surface area contributed by atoms with Crippen molar-refractivity contribution in [3.8, 4) is 28.1 Å². The number of hydrogen-bond acceptors (Lipinski definition) is 4. The molecule has 0 atom stereocenters. The Labute approximate surface area is 383 Å². The van der Waals surface area contributed by atoms with Gasteiger partial charge < -0.3 is 19.3 Å². The van der Waals surface area contributed by atoms with Crippen molar-refractivity contribution in [3.63, 3.8) is 0 Å². The molecule has 10 aromatic rings. The van der Waals surface area contributed by atoms with Gasteiger partial charge in [-0.2, -0.15) is 12.1 Å². The maximum atomic E-state index is 4.98. The van der Waals surface area contributed by atoms with Crippen LogP contribution in [0.3, 0.4) is 0 Å². The molecule has 306 valence electrons. The molecule has 0 saturated heterocycles. The molecule has 63 heavy (non-hydrogen) atoms. The maximum Gasteiger partial charge on any atom is 2.00 e. The van der Waals surface area contributed by atoms with Crippen LogP contribution in [0.1, 0.15) is 25.3 Å². The Bertz CT molecular complexity index is 3160. The Morgan fingerprint density at radius 2 is 1.14 bits per heavy atom. The van der Waals surface area contributed by atoms with Crippen LogP contribution in [0.25, 0.3) is 49.9 Å². The van der Waals surface area contributed by atoms with Crippen molar-refractivity contribution in [1.82, 2.24) is 9.55 Å². The second-order valence-electron chi connectivity index (χ2n) is 16.1. The number of pyridine rings is 1. The molecule has 11 rings (SSSR count). The minimum absolute atomic E-state index is 0. The van der Waals surface area contributed by atoms with E-state index in [1.54, 1.807) is 0 Å². The van der Waals surface area contributed by atoms with Crippen molar-refractivity contribution in [1.29, 1.82) is 0 Å². The number of aromatic nitrogens is 2. The molecule has 0 spiro atoms. The maximum absolute atomic E-state index is 4.98. The van der Waals surface area contributed by atoms with Crippen molar-refractivity contribution < 1.29 is 21.1 Å². The second kappa shape index (κ2) is 16.9. The van der Waals surface area contributed by atoms with Gasteiger partial charge in [0.2, 0.25) is 0 Å². The monoisotopic (exact) mass is 992 g/mol. The van der Waals surface area contributed by atoms with Crippen molar-refractivity contribution in [3.05, 3.63) is 224 Å². The summed E-state index contributed by atoms with van der Waals surface area (Å²) < 4.78 is 2.28. The van der Waals surface area contributed by atoms with E-state index in [9.17, 15) is 0 Å². The van der Waals surface area contributed by atoms with E-state index in [0.717, 1.165) is 89.7 Å². The van der Waals surface area contributed by atoms with E-state index in [0.29, 0.717) is 12.6 Å². The molecular formula is C57H43N5Pt. The van der Waals surface area contributed by atoms with Crippen molar-refractivity contribution in [2.45, 2.75) is 19.8 Å². The van der Waals surface area contributed by atoms with Crippen molar-refractivity contribution in [2.75, 3.05) is 21.4 Å². The van der Waals surface area contributed by atoms with Gasteiger partial charge in [-0.15, -0.1) is 35.7 Å². The Kier molecular flexibility index (Phi) is 10.7. The summed E-state index contributed by atoms with van der Waals surface area (Å²) in [6.45, 7) is 5.11. The van der Waals surface area contributed by atoms with Gasteiger partial charge in [0.25, 0.3) is 0 Å². The second-order valence-corrected chi connectivity index (χ2v) is 16.1.